The van der Waals surface area contributed by atoms with Crippen molar-refractivity contribution < 1.29 is 0 Å². The third kappa shape index (κ3) is 3.76. The Morgan fingerprint density at radius 3 is 2.52 bits per heavy atom. The Kier molecular flexibility index (Phi) is 4.44. The second-order valence-corrected chi connectivity index (χ2v) is 5.77. The van der Waals surface area contributed by atoms with Crippen LogP contribution in [0.5, 0.6) is 0 Å². The molecule has 0 unspecified atom stereocenters. The topological polar surface area (TPSA) is 29.3 Å². The number of benzene rings is 1. The SMILES string of the molecule is Clc1ccc(CCNCc2cn3cc(Cl)ccc3n2)cc1. The number of rotatable bonds is 5. The fraction of sp³-hybridized carbons (Fsp3) is 0.188. The van der Waals surface area contributed by atoms with E-state index in [0.29, 0.717) is 5.02 Å². The van der Waals surface area contributed by atoms with Crippen molar-refractivity contribution in [1.29, 1.82) is 0 Å². The maximum absolute atomic E-state index is 5.96. The summed E-state index contributed by atoms with van der Waals surface area (Å²) >= 11 is 11.8. The second kappa shape index (κ2) is 6.48. The first-order valence-electron chi connectivity index (χ1n) is 6.79. The Morgan fingerprint density at radius 2 is 1.71 bits per heavy atom. The van der Waals surface area contributed by atoms with Gasteiger partial charge in [-0.05, 0) is 42.8 Å². The summed E-state index contributed by atoms with van der Waals surface area (Å²) in [5, 5.41) is 4.88. The van der Waals surface area contributed by atoms with Gasteiger partial charge in [-0.25, -0.2) is 4.98 Å². The van der Waals surface area contributed by atoms with E-state index >= 15 is 0 Å². The number of halogens is 2. The Morgan fingerprint density at radius 1 is 0.952 bits per heavy atom. The van der Waals surface area contributed by atoms with E-state index in [1.165, 1.54) is 5.56 Å². The molecule has 0 radical (unpaired) electrons. The molecule has 0 amide bonds. The standard InChI is InChI=1S/C16H15Cl2N3/c17-13-3-1-12(2-4-13)7-8-19-9-15-11-21-10-14(18)5-6-16(21)20-15/h1-6,10-11,19H,7-9H2. The third-order valence-corrected chi connectivity index (χ3v) is 3.75. The highest BCUT2D eigenvalue weighted by Crippen LogP contribution is 2.12. The van der Waals surface area contributed by atoms with Crippen molar-refractivity contribution in [1.82, 2.24) is 14.7 Å². The summed E-state index contributed by atoms with van der Waals surface area (Å²) in [4.78, 5) is 4.53. The van der Waals surface area contributed by atoms with Crippen LogP contribution in [0.3, 0.4) is 0 Å². The van der Waals surface area contributed by atoms with Crippen molar-refractivity contribution in [3.8, 4) is 0 Å². The van der Waals surface area contributed by atoms with Crippen LogP contribution >= 0.6 is 23.2 Å². The molecule has 0 aliphatic rings. The molecule has 0 aliphatic heterocycles. The number of nitrogens with one attached hydrogen (secondary N) is 1. The van der Waals surface area contributed by atoms with Crippen molar-refractivity contribution in [3.05, 3.63) is 70.1 Å². The first-order valence-corrected chi connectivity index (χ1v) is 7.54. The molecule has 2 heterocycles. The summed E-state index contributed by atoms with van der Waals surface area (Å²) in [5.74, 6) is 0. The van der Waals surface area contributed by atoms with Gasteiger partial charge in [-0.15, -0.1) is 0 Å². The van der Waals surface area contributed by atoms with Gasteiger partial charge in [0.15, 0.2) is 0 Å². The van der Waals surface area contributed by atoms with Crippen LogP contribution in [0.1, 0.15) is 11.3 Å². The molecule has 3 rings (SSSR count). The molecule has 5 heteroatoms. The first kappa shape index (κ1) is 14.4. The fourth-order valence-corrected chi connectivity index (χ4v) is 2.50. The van der Waals surface area contributed by atoms with Gasteiger partial charge >= 0.3 is 0 Å². The lowest BCUT2D eigenvalue weighted by atomic mass is 10.1. The maximum Gasteiger partial charge on any atom is 0.137 e. The largest absolute Gasteiger partial charge is 0.311 e. The minimum absolute atomic E-state index is 0.710. The highest BCUT2D eigenvalue weighted by atomic mass is 35.5. The van der Waals surface area contributed by atoms with E-state index in [4.69, 9.17) is 23.2 Å². The zero-order valence-corrected chi connectivity index (χ0v) is 12.9. The van der Waals surface area contributed by atoms with E-state index in [1.54, 1.807) is 0 Å². The lowest BCUT2D eigenvalue weighted by Gasteiger charge is -2.03. The van der Waals surface area contributed by atoms with Crippen molar-refractivity contribution in [2.45, 2.75) is 13.0 Å². The summed E-state index contributed by atoms with van der Waals surface area (Å²) < 4.78 is 1.94. The molecule has 2 aromatic heterocycles. The molecule has 3 aromatic rings. The molecule has 0 saturated carbocycles. The van der Waals surface area contributed by atoms with Gasteiger partial charge in [0.05, 0.1) is 10.7 Å². The van der Waals surface area contributed by atoms with Crippen LogP contribution in [0, 0.1) is 0 Å². The molecule has 3 nitrogen and oxygen atoms in total. The lowest BCUT2D eigenvalue weighted by molar-refractivity contribution is 0.677. The number of pyridine rings is 1. The summed E-state index contributed by atoms with van der Waals surface area (Å²) in [6.07, 6.45) is 4.83. The van der Waals surface area contributed by atoms with Gasteiger partial charge in [-0.3, -0.25) is 0 Å². The molecule has 1 N–H and O–H groups in total. The molecule has 1 aromatic carbocycles. The van der Waals surface area contributed by atoms with E-state index < -0.39 is 0 Å². The van der Waals surface area contributed by atoms with Crippen LogP contribution in [-0.2, 0) is 13.0 Å². The number of hydrogen-bond donors (Lipinski definition) is 1. The number of fused-ring (bicyclic) bond motifs is 1. The maximum atomic E-state index is 5.96. The minimum atomic E-state index is 0.710. The van der Waals surface area contributed by atoms with Crippen molar-refractivity contribution in [2.24, 2.45) is 0 Å². The normalized spacial score (nSPS) is 11.1. The molecule has 0 aliphatic carbocycles. The van der Waals surface area contributed by atoms with E-state index in [9.17, 15) is 0 Å². The van der Waals surface area contributed by atoms with Gasteiger partial charge in [-0.2, -0.15) is 0 Å². The van der Waals surface area contributed by atoms with Crippen molar-refractivity contribution in [2.75, 3.05) is 6.54 Å². The van der Waals surface area contributed by atoms with E-state index in [2.05, 4.69) is 22.4 Å². The van der Waals surface area contributed by atoms with E-state index in [1.807, 2.05) is 41.1 Å². The van der Waals surface area contributed by atoms with Crippen molar-refractivity contribution >= 4 is 28.8 Å². The summed E-state index contributed by atoms with van der Waals surface area (Å²) in [7, 11) is 0. The third-order valence-electron chi connectivity index (χ3n) is 3.27. The van der Waals surface area contributed by atoms with Crippen molar-refractivity contribution in [3.63, 3.8) is 0 Å². The Balaban J connectivity index is 1.53. The Bertz CT molecular complexity index is 735. The first-order chi connectivity index (χ1) is 10.2. The van der Waals surface area contributed by atoms with Gasteiger partial charge < -0.3 is 9.72 Å². The van der Waals surface area contributed by atoms with Crippen LogP contribution in [0.15, 0.2) is 48.8 Å². The summed E-state index contributed by atoms with van der Waals surface area (Å²) in [5.41, 5.74) is 3.19. The minimum Gasteiger partial charge on any atom is -0.311 e. The Hall–Kier alpha value is -1.55. The average molecular weight is 320 g/mol. The fourth-order valence-electron chi connectivity index (χ4n) is 2.20. The number of nitrogens with zero attached hydrogens (tertiary/aromatic N) is 2. The molecular formula is C16H15Cl2N3. The molecule has 21 heavy (non-hydrogen) atoms. The smallest absolute Gasteiger partial charge is 0.137 e. The summed E-state index contributed by atoms with van der Waals surface area (Å²) in [6, 6.07) is 11.7. The molecule has 0 atom stereocenters. The van der Waals surface area contributed by atoms with Crippen LogP contribution in [-0.4, -0.2) is 15.9 Å². The molecule has 0 fully saturated rings. The second-order valence-electron chi connectivity index (χ2n) is 4.90. The van der Waals surface area contributed by atoms with Crippen LogP contribution in [0.4, 0.5) is 0 Å². The zero-order valence-electron chi connectivity index (χ0n) is 11.4. The van der Waals surface area contributed by atoms with Crippen LogP contribution in [0.2, 0.25) is 10.0 Å². The summed E-state index contributed by atoms with van der Waals surface area (Å²) in [6.45, 7) is 1.64. The number of aromatic nitrogens is 2. The molecule has 0 saturated heterocycles. The van der Waals surface area contributed by atoms with Gasteiger partial charge in [0.2, 0.25) is 0 Å². The van der Waals surface area contributed by atoms with Crippen LogP contribution in [0.25, 0.3) is 5.65 Å². The van der Waals surface area contributed by atoms with Gasteiger partial charge in [0.25, 0.3) is 0 Å². The number of hydrogen-bond acceptors (Lipinski definition) is 2. The molecule has 0 spiro atoms. The van der Waals surface area contributed by atoms with Gasteiger partial charge in [0.1, 0.15) is 5.65 Å². The Labute approximate surface area is 133 Å². The molecule has 108 valence electrons. The highest BCUT2D eigenvalue weighted by molar-refractivity contribution is 6.30. The lowest BCUT2D eigenvalue weighted by Crippen LogP contribution is -2.16. The average Bonchev–Trinajstić information content (AvgIpc) is 2.87. The quantitative estimate of drug-likeness (QED) is 0.721. The van der Waals surface area contributed by atoms with Crippen LogP contribution < -0.4 is 5.32 Å². The van der Waals surface area contributed by atoms with Gasteiger partial charge in [-0.1, -0.05) is 35.3 Å². The highest BCUT2D eigenvalue weighted by Gasteiger charge is 2.01. The number of imidazole rings is 1. The predicted molar refractivity (Wildman–Crippen MR) is 87.1 cm³/mol. The zero-order chi connectivity index (χ0) is 14.7. The van der Waals surface area contributed by atoms with E-state index in [0.717, 1.165) is 35.9 Å². The monoisotopic (exact) mass is 319 g/mol. The van der Waals surface area contributed by atoms with Gasteiger partial charge in [0, 0.05) is 24.0 Å². The van der Waals surface area contributed by atoms with E-state index in [-0.39, 0.29) is 0 Å². The molecular weight excluding hydrogens is 305 g/mol. The molecule has 0 bridgehead atoms. The predicted octanol–water partition coefficient (Wildman–Crippen LogP) is 3.97.